The zero-order valence-corrected chi connectivity index (χ0v) is 21.3. The molecule has 0 spiro atoms. The zero-order chi connectivity index (χ0) is 28.1. The SMILES string of the molecule is NC(=Nc1ccc(-c2cc[n+](CCO)cc2)c(C#CC2=CO[C@H](S(=O)(=O)[O-])[C@H](S(=O)(=O)[O-])C2)c1)[NH+]=C(N)N. The summed E-state index contributed by atoms with van der Waals surface area (Å²) in [5.41, 5.74) is 16.2. The van der Waals surface area contributed by atoms with E-state index in [0.717, 1.165) is 11.8 Å². The van der Waals surface area contributed by atoms with Gasteiger partial charge in [0.15, 0.2) is 18.9 Å². The molecule has 3 rings (SSSR count). The van der Waals surface area contributed by atoms with Gasteiger partial charge in [0, 0.05) is 29.7 Å². The standard InChI is InChI=1S/C22H24N6O8S2/c23-21(24)27-22(25)26-17-3-4-18(15-5-7-28(8-6-15)9-10-29)16(12-17)2-1-14-11-19(37(30,31)32)20(36-13-14)38(33,34)35/h3-8,12-13,19-20,29H,9-11H2,(H7,23,24,25,27,30,31,32,33,34,35)/t19-,20-/m1/s1. The van der Waals surface area contributed by atoms with Crippen LogP contribution in [0.1, 0.15) is 12.0 Å². The smallest absolute Gasteiger partial charge is 0.316 e. The average molecular weight is 565 g/mol. The van der Waals surface area contributed by atoms with Crippen LogP contribution in [0.3, 0.4) is 0 Å². The second-order valence-electron chi connectivity index (χ2n) is 7.98. The minimum absolute atomic E-state index is 0.0188. The molecule has 1 aliphatic heterocycles. The quantitative estimate of drug-likeness (QED) is 0.0752. The molecule has 1 aromatic heterocycles. The minimum Gasteiger partial charge on any atom is -0.748 e. The number of nitrogens with zero attached hydrogens (tertiary/aromatic N) is 2. The predicted octanol–water partition coefficient (Wildman–Crippen LogP) is -3.63. The van der Waals surface area contributed by atoms with Gasteiger partial charge in [0.25, 0.3) is 5.96 Å². The van der Waals surface area contributed by atoms with Crippen LogP contribution in [0, 0.1) is 11.8 Å². The first kappa shape index (κ1) is 28.6. The van der Waals surface area contributed by atoms with Gasteiger partial charge in [-0.1, -0.05) is 17.9 Å². The molecular weight excluding hydrogens is 540 g/mol. The van der Waals surface area contributed by atoms with Crippen LogP contribution in [0.15, 0.2) is 59.6 Å². The average Bonchev–Trinajstić information content (AvgIpc) is 2.82. The molecule has 0 unspecified atom stereocenters. The lowest BCUT2D eigenvalue weighted by Crippen LogP contribution is -2.84. The number of pyridine rings is 1. The van der Waals surface area contributed by atoms with E-state index in [9.17, 15) is 25.9 Å². The van der Waals surface area contributed by atoms with Gasteiger partial charge in [0.05, 0.1) is 6.26 Å². The maximum absolute atomic E-state index is 11.6. The zero-order valence-electron chi connectivity index (χ0n) is 19.6. The number of aliphatic hydroxyl groups is 1. The van der Waals surface area contributed by atoms with Crippen LogP contribution in [0.2, 0.25) is 0 Å². The molecule has 1 aromatic carbocycles. The lowest BCUT2D eigenvalue weighted by molar-refractivity contribution is -0.698. The molecular formula is C22H24N6O8S2. The number of nitrogens with one attached hydrogen (secondary N) is 1. The molecule has 0 bridgehead atoms. The van der Waals surface area contributed by atoms with E-state index in [1.165, 1.54) is 0 Å². The van der Waals surface area contributed by atoms with Crippen molar-refractivity contribution in [2.24, 2.45) is 22.2 Å². The minimum atomic E-state index is -5.24. The third kappa shape index (κ3) is 7.50. The number of ether oxygens (including phenoxy) is 1. The summed E-state index contributed by atoms with van der Waals surface area (Å²) in [5.74, 6) is 5.25. The number of hydrogen-bond donors (Lipinski definition) is 5. The van der Waals surface area contributed by atoms with E-state index in [4.69, 9.17) is 27.0 Å². The summed E-state index contributed by atoms with van der Waals surface area (Å²) in [5, 5.41) is 6.97. The van der Waals surface area contributed by atoms with Crippen molar-refractivity contribution in [3.05, 3.63) is 60.1 Å². The van der Waals surface area contributed by atoms with E-state index in [1.54, 1.807) is 47.3 Å². The summed E-state index contributed by atoms with van der Waals surface area (Å²) in [6.07, 6.45) is 3.72. The maximum Gasteiger partial charge on any atom is 0.316 e. The van der Waals surface area contributed by atoms with Gasteiger partial charge in [0.1, 0.15) is 37.8 Å². The van der Waals surface area contributed by atoms with Crippen LogP contribution in [0.25, 0.3) is 11.1 Å². The number of nitrogens with two attached hydrogens (primary N) is 3. The molecule has 0 amide bonds. The topological polar surface area (TPSA) is 252 Å². The van der Waals surface area contributed by atoms with Crippen molar-refractivity contribution in [2.75, 3.05) is 6.61 Å². The first-order valence-electron chi connectivity index (χ1n) is 10.8. The van der Waals surface area contributed by atoms with Gasteiger partial charge in [-0.15, -0.1) is 4.99 Å². The second kappa shape index (κ2) is 11.6. The number of aliphatic hydroxyl groups excluding tert-OH is 1. The van der Waals surface area contributed by atoms with Gasteiger partial charge in [-0.3, -0.25) is 0 Å². The van der Waals surface area contributed by atoms with E-state index in [2.05, 4.69) is 21.8 Å². The fourth-order valence-corrected chi connectivity index (χ4v) is 5.69. The summed E-state index contributed by atoms with van der Waals surface area (Å²) in [7, 11) is -10.4. The first-order chi connectivity index (χ1) is 17.8. The molecule has 0 saturated heterocycles. The lowest BCUT2D eigenvalue weighted by atomic mass is 9.99. The molecule has 202 valence electrons. The summed E-state index contributed by atoms with van der Waals surface area (Å²) in [4.78, 5) is 6.60. The summed E-state index contributed by atoms with van der Waals surface area (Å²) in [6, 6.07) is 8.48. The Labute approximate surface area is 218 Å². The highest BCUT2D eigenvalue weighted by Crippen LogP contribution is 2.29. The van der Waals surface area contributed by atoms with Crippen molar-refractivity contribution in [3.8, 4) is 23.0 Å². The fourth-order valence-electron chi connectivity index (χ4n) is 3.49. The molecule has 0 fully saturated rings. The third-order valence-electron chi connectivity index (χ3n) is 5.17. The number of benzene rings is 1. The van der Waals surface area contributed by atoms with Gasteiger partial charge in [-0.05, 0) is 23.3 Å². The van der Waals surface area contributed by atoms with Gasteiger partial charge in [0.2, 0.25) is 5.44 Å². The van der Waals surface area contributed by atoms with Crippen molar-refractivity contribution in [1.29, 1.82) is 0 Å². The first-order valence-corrected chi connectivity index (χ1v) is 13.7. The van der Waals surface area contributed by atoms with E-state index in [1.807, 2.05) is 0 Å². The number of guanidine groups is 2. The molecule has 0 radical (unpaired) electrons. The van der Waals surface area contributed by atoms with Gasteiger partial charge >= 0.3 is 5.96 Å². The van der Waals surface area contributed by atoms with Crippen LogP contribution >= 0.6 is 0 Å². The number of aromatic nitrogens is 1. The molecule has 14 nitrogen and oxygen atoms in total. The van der Waals surface area contributed by atoms with Crippen molar-refractivity contribution in [1.82, 2.24) is 0 Å². The Bertz CT molecular complexity index is 1570. The Morgan fingerprint density at radius 1 is 1.11 bits per heavy atom. The fraction of sp³-hybridized carbons (Fsp3) is 0.227. The van der Waals surface area contributed by atoms with E-state index in [0.29, 0.717) is 23.4 Å². The molecule has 0 saturated carbocycles. The van der Waals surface area contributed by atoms with Crippen molar-refractivity contribution >= 4 is 37.8 Å². The van der Waals surface area contributed by atoms with Crippen LogP contribution < -0.4 is 26.8 Å². The molecule has 38 heavy (non-hydrogen) atoms. The highest BCUT2D eigenvalue weighted by Gasteiger charge is 2.37. The molecule has 0 aliphatic carbocycles. The van der Waals surface area contributed by atoms with Gasteiger partial charge < -0.3 is 36.1 Å². The summed E-state index contributed by atoms with van der Waals surface area (Å²) >= 11 is 0. The number of hydrogen-bond acceptors (Lipinski definition) is 9. The van der Waals surface area contributed by atoms with Gasteiger partial charge in [-0.2, -0.15) is 0 Å². The predicted molar refractivity (Wildman–Crippen MR) is 132 cm³/mol. The highest BCUT2D eigenvalue weighted by atomic mass is 32.2. The van der Waals surface area contributed by atoms with Crippen LogP contribution in [0.4, 0.5) is 5.69 Å². The largest absolute Gasteiger partial charge is 0.748 e. The van der Waals surface area contributed by atoms with Gasteiger partial charge in [-0.25, -0.2) is 26.4 Å². The number of allylic oxidation sites excluding steroid dienone is 1. The third-order valence-corrected chi connectivity index (χ3v) is 7.50. The highest BCUT2D eigenvalue weighted by molar-refractivity contribution is 7.90. The van der Waals surface area contributed by atoms with Crippen molar-refractivity contribution in [2.45, 2.75) is 23.7 Å². The molecule has 2 atom stereocenters. The molecule has 1 aliphatic rings. The molecule has 2 heterocycles. The lowest BCUT2D eigenvalue weighted by Gasteiger charge is -2.33. The van der Waals surface area contributed by atoms with E-state index >= 15 is 0 Å². The normalized spacial score (nSPS) is 18.0. The summed E-state index contributed by atoms with van der Waals surface area (Å²) < 4.78 is 75.6. The second-order valence-corrected chi connectivity index (χ2v) is 11.0. The van der Waals surface area contributed by atoms with Crippen molar-refractivity contribution in [3.63, 3.8) is 0 Å². The van der Waals surface area contributed by atoms with Crippen LogP contribution in [-0.2, 0) is 31.5 Å². The Balaban J connectivity index is 2.07. The number of rotatable bonds is 6. The maximum atomic E-state index is 11.6. The van der Waals surface area contributed by atoms with E-state index < -0.39 is 37.3 Å². The van der Waals surface area contributed by atoms with E-state index in [-0.39, 0.29) is 24.1 Å². The Morgan fingerprint density at radius 2 is 1.79 bits per heavy atom. The monoisotopic (exact) mass is 564 g/mol. The Kier molecular flexibility index (Phi) is 8.70. The number of aliphatic imine (C=N–C) groups is 1. The Morgan fingerprint density at radius 3 is 2.37 bits per heavy atom. The molecule has 2 aromatic rings. The molecule has 8 N–H and O–H groups in total. The summed E-state index contributed by atoms with van der Waals surface area (Å²) in [6.45, 7) is 0.353. The van der Waals surface area contributed by atoms with Crippen LogP contribution in [0.5, 0.6) is 0 Å². The Hall–Kier alpha value is -4.01. The molecule has 16 heteroatoms. The van der Waals surface area contributed by atoms with Crippen LogP contribution in [-0.4, -0.2) is 60.3 Å². The van der Waals surface area contributed by atoms with Crippen molar-refractivity contribution < 1.29 is 45.3 Å².